The molecule has 0 aliphatic rings. The summed E-state index contributed by atoms with van der Waals surface area (Å²) in [4.78, 5) is 0. The summed E-state index contributed by atoms with van der Waals surface area (Å²) in [7, 11) is 0. The molecule has 3 aromatic rings. The number of rotatable bonds is 4. The van der Waals surface area contributed by atoms with E-state index in [-0.39, 0.29) is 0 Å². The molecule has 0 radical (unpaired) electrons. The highest BCUT2D eigenvalue weighted by Gasteiger charge is 2.02. The van der Waals surface area contributed by atoms with Gasteiger partial charge in [0.2, 0.25) is 0 Å². The van der Waals surface area contributed by atoms with Gasteiger partial charge in [-0.1, -0.05) is 18.2 Å². The first kappa shape index (κ1) is 16.2. The number of hydrogen-bond donors (Lipinski definition) is 2. The quantitative estimate of drug-likeness (QED) is 0.695. The van der Waals surface area contributed by atoms with Crippen molar-refractivity contribution < 1.29 is 0 Å². The molecule has 4 nitrogen and oxygen atoms in total. The van der Waals surface area contributed by atoms with Gasteiger partial charge in [0, 0.05) is 23.8 Å². The summed E-state index contributed by atoms with van der Waals surface area (Å²) in [5.74, 6) is 0. The summed E-state index contributed by atoms with van der Waals surface area (Å²) >= 11 is 5.42. The molecule has 0 spiro atoms. The molecule has 5 heteroatoms. The molecule has 1 heterocycles. The first-order valence-electron chi connectivity index (χ1n) is 7.81. The molecular formula is C19H20N4S. The third kappa shape index (κ3) is 4.43. The van der Waals surface area contributed by atoms with Gasteiger partial charge < -0.3 is 10.6 Å². The van der Waals surface area contributed by atoms with Crippen LogP contribution in [0, 0.1) is 13.8 Å². The predicted octanol–water partition coefficient (Wildman–Crippen LogP) is 4.36. The molecule has 0 amide bonds. The van der Waals surface area contributed by atoms with E-state index >= 15 is 0 Å². The Morgan fingerprint density at radius 3 is 2.46 bits per heavy atom. The molecule has 0 saturated carbocycles. The fourth-order valence-corrected chi connectivity index (χ4v) is 2.90. The molecule has 3 rings (SSSR count). The van der Waals surface area contributed by atoms with E-state index in [2.05, 4.69) is 59.9 Å². The normalized spacial score (nSPS) is 10.4. The van der Waals surface area contributed by atoms with Gasteiger partial charge in [0.05, 0.1) is 6.54 Å². The number of aryl methyl sites for hydroxylation is 2. The van der Waals surface area contributed by atoms with Gasteiger partial charge in [0.25, 0.3) is 0 Å². The maximum absolute atomic E-state index is 5.42. The lowest BCUT2D eigenvalue weighted by molar-refractivity contribution is 0.687. The number of aromatic nitrogens is 2. The van der Waals surface area contributed by atoms with Gasteiger partial charge in [-0.3, -0.25) is 4.68 Å². The van der Waals surface area contributed by atoms with Crippen molar-refractivity contribution >= 4 is 28.7 Å². The summed E-state index contributed by atoms with van der Waals surface area (Å²) in [5, 5.41) is 11.3. The highest BCUT2D eigenvalue weighted by Crippen LogP contribution is 2.16. The SMILES string of the molecule is Cc1cc(C)cc(NC(=S)Nc2cccc(Cn3cccn3)c2)c1. The summed E-state index contributed by atoms with van der Waals surface area (Å²) in [5.41, 5.74) is 5.54. The van der Waals surface area contributed by atoms with Crippen LogP contribution >= 0.6 is 12.2 Å². The zero-order chi connectivity index (χ0) is 16.9. The van der Waals surface area contributed by atoms with Gasteiger partial charge in [0.15, 0.2) is 5.11 Å². The van der Waals surface area contributed by atoms with Crippen LogP contribution in [-0.2, 0) is 6.54 Å². The van der Waals surface area contributed by atoms with Gasteiger partial charge in [-0.05, 0) is 73.1 Å². The van der Waals surface area contributed by atoms with E-state index in [0.717, 1.165) is 23.5 Å². The second-order valence-electron chi connectivity index (χ2n) is 5.86. The van der Waals surface area contributed by atoms with Crippen molar-refractivity contribution in [3.63, 3.8) is 0 Å². The van der Waals surface area contributed by atoms with Crippen LogP contribution in [0.5, 0.6) is 0 Å². The van der Waals surface area contributed by atoms with Crippen molar-refractivity contribution in [3.8, 4) is 0 Å². The molecule has 0 unspecified atom stereocenters. The third-order valence-electron chi connectivity index (χ3n) is 3.57. The van der Waals surface area contributed by atoms with Crippen molar-refractivity contribution in [3.05, 3.63) is 77.6 Å². The van der Waals surface area contributed by atoms with Crippen LogP contribution in [0.25, 0.3) is 0 Å². The summed E-state index contributed by atoms with van der Waals surface area (Å²) in [6, 6.07) is 16.4. The molecular weight excluding hydrogens is 316 g/mol. The van der Waals surface area contributed by atoms with Crippen LogP contribution in [0.15, 0.2) is 60.9 Å². The molecule has 0 bridgehead atoms. The van der Waals surface area contributed by atoms with Gasteiger partial charge in [-0.25, -0.2) is 0 Å². The van der Waals surface area contributed by atoms with Crippen LogP contribution in [0.4, 0.5) is 11.4 Å². The molecule has 0 aliphatic heterocycles. The van der Waals surface area contributed by atoms with Crippen LogP contribution in [0.1, 0.15) is 16.7 Å². The summed E-state index contributed by atoms with van der Waals surface area (Å²) < 4.78 is 1.89. The van der Waals surface area contributed by atoms with Crippen LogP contribution in [-0.4, -0.2) is 14.9 Å². The van der Waals surface area contributed by atoms with Crippen LogP contribution in [0.3, 0.4) is 0 Å². The van der Waals surface area contributed by atoms with Gasteiger partial charge >= 0.3 is 0 Å². The summed E-state index contributed by atoms with van der Waals surface area (Å²) in [6.07, 6.45) is 3.73. The maximum Gasteiger partial charge on any atom is 0.175 e. The highest BCUT2D eigenvalue weighted by atomic mass is 32.1. The molecule has 122 valence electrons. The third-order valence-corrected chi connectivity index (χ3v) is 3.77. The zero-order valence-electron chi connectivity index (χ0n) is 13.8. The van der Waals surface area contributed by atoms with E-state index in [1.807, 2.05) is 29.1 Å². The lowest BCUT2D eigenvalue weighted by atomic mass is 10.1. The molecule has 1 aromatic heterocycles. The Morgan fingerprint density at radius 2 is 1.75 bits per heavy atom. The lowest BCUT2D eigenvalue weighted by Gasteiger charge is -2.13. The van der Waals surface area contributed by atoms with Crippen molar-refractivity contribution in [1.29, 1.82) is 0 Å². The minimum absolute atomic E-state index is 0.580. The molecule has 24 heavy (non-hydrogen) atoms. The Hall–Kier alpha value is -2.66. The molecule has 0 aliphatic carbocycles. The Morgan fingerprint density at radius 1 is 1.00 bits per heavy atom. The van der Waals surface area contributed by atoms with Crippen LogP contribution in [0.2, 0.25) is 0 Å². The minimum Gasteiger partial charge on any atom is -0.332 e. The second-order valence-corrected chi connectivity index (χ2v) is 6.27. The van der Waals surface area contributed by atoms with E-state index in [1.165, 1.54) is 11.1 Å². The van der Waals surface area contributed by atoms with E-state index in [4.69, 9.17) is 12.2 Å². The van der Waals surface area contributed by atoms with E-state index in [1.54, 1.807) is 6.20 Å². The van der Waals surface area contributed by atoms with E-state index in [9.17, 15) is 0 Å². The Kier molecular flexibility index (Phi) is 4.91. The average molecular weight is 336 g/mol. The monoisotopic (exact) mass is 336 g/mol. The van der Waals surface area contributed by atoms with Crippen LogP contribution < -0.4 is 10.6 Å². The lowest BCUT2D eigenvalue weighted by Crippen LogP contribution is -2.19. The minimum atomic E-state index is 0.580. The predicted molar refractivity (Wildman–Crippen MR) is 104 cm³/mol. The average Bonchev–Trinajstić information content (AvgIpc) is 2.99. The Bertz CT molecular complexity index is 820. The summed E-state index contributed by atoms with van der Waals surface area (Å²) in [6.45, 7) is 4.89. The van der Waals surface area contributed by atoms with Crippen molar-refractivity contribution in [1.82, 2.24) is 9.78 Å². The highest BCUT2D eigenvalue weighted by molar-refractivity contribution is 7.80. The fourth-order valence-electron chi connectivity index (χ4n) is 2.67. The maximum atomic E-state index is 5.42. The zero-order valence-corrected chi connectivity index (χ0v) is 14.6. The number of hydrogen-bond acceptors (Lipinski definition) is 2. The first-order chi connectivity index (χ1) is 11.6. The second kappa shape index (κ2) is 7.27. The molecule has 0 atom stereocenters. The smallest absolute Gasteiger partial charge is 0.175 e. The number of anilines is 2. The van der Waals surface area contributed by atoms with Gasteiger partial charge in [-0.2, -0.15) is 5.10 Å². The number of thiocarbonyl (C=S) groups is 1. The first-order valence-corrected chi connectivity index (χ1v) is 8.22. The molecule has 2 aromatic carbocycles. The van der Waals surface area contributed by atoms with E-state index in [0.29, 0.717) is 5.11 Å². The number of nitrogens with zero attached hydrogens (tertiary/aromatic N) is 2. The Balaban J connectivity index is 1.65. The Labute approximate surface area is 147 Å². The van der Waals surface area contributed by atoms with Gasteiger partial charge in [0.1, 0.15) is 0 Å². The largest absolute Gasteiger partial charge is 0.332 e. The molecule has 0 saturated heterocycles. The van der Waals surface area contributed by atoms with E-state index < -0.39 is 0 Å². The number of benzene rings is 2. The van der Waals surface area contributed by atoms with Gasteiger partial charge in [-0.15, -0.1) is 0 Å². The fraction of sp³-hybridized carbons (Fsp3) is 0.158. The molecule has 0 fully saturated rings. The molecule has 2 N–H and O–H groups in total. The van der Waals surface area contributed by atoms with Crippen molar-refractivity contribution in [2.45, 2.75) is 20.4 Å². The van der Waals surface area contributed by atoms with Crippen molar-refractivity contribution in [2.24, 2.45) is 0 Å². The number of nitrogens with one attached hydrogen (secondary N) is 2. The standard InChI is InChI=1S/C19H20N4S/c1-14-9-15(2)11-18(10-14)22-19(24)21-17-6-3-5-16(12-17)13-23-8-4-7-20-23/h3-12H,13H2,1-2H3,(H2,21,22,24). The topological polar surface area (TPSA) is 41.9 Å². The van der Waals surface area contributed by atoms with Crippen molar-refractivity contribution in [2.75, 3.05) is 10.6 Å².